The Kier molecular flexibility index (Phi) is 4.75. The number of nitrogens with zero attached hydrogens (tertiary/aromatic N) is 1. The van der Waals surface area contributed by atoms with Crippen LogP contribution in [-0.4, -0.2) is 46.7 Å². The second-order valence-electron chi connectivity index (χ2n) is 6.74. The van der Waals surface area contributed by atoms with Crippen molar-refractivity contribution in [2.75, 3.05) is 11.4 Å². The van der Waals surface area contributed by atoms with Gasteiger partial charge in [0.25, 0.3) is 0 Å². The molecule has 0 aromatic heterocycles. The third-order valence-corrected chi connectivity index (χ3v) is 4.78. The van der Waals surface area contributed by atoms with Crippen LogP contribution in [0.25, 0.3) is 0 Å². The van der Waals surface area contributed by atoms with Gasteiger partial charge in [0.1, 0.15) is 12.6 Å². The molecule has 0 fully saturated rings. The highest BCUT2D eigenvalue weighted by Gasteiger charge is 2.34. The third-order valence-electron chi connectivity index (χ3n) is 4.78. The maximum Gasteiger partial charge on any atom is 0.323 e. The van der Waals surface area contributed by atoms with Crippen LogP contribution in [0.15, 0.2) is 54.5 Å². The minimum absolute atomic E-state index is 0.00819. The van der Waals surface area contributed by atoms with Crippen LogP contribution >= 0.6 is 0 Å². The average Bonchev–Trinajstić information content (AvgIpc) is 2.92. The van der Waals surface area contributed by atoms with E-state index in [9.17, 15) is 24.6 Å². The molecule has 3 rings (SSSR count). The molecule has 1 aliphatic rings. The number of carbonyl (C=O) groups excluding carboxylic acids is 1. The Morgan fingerprint density at radius 1 is 1.21 bits per heavy atom. The van der Waals surface area contributed by atoms with Gasteiger partial charge >= 0.3 is 11.9 Å². The van der Waals surface area contributed by atoms with Gasteiger partial charge in [-0.05, 0) is 42.9 Å². The summed E-state index contributed by atoms with van der Waals surface area (Å²) in [5.41, 5.74) is 1.23. The number of amides is 1. The van der Waals surface area contributed by atoms with E-state index < -0.39 is 66.7 Å². The molecular formula is C22H24N2O5. The summed E-state index contributed by atoms with van der Waals surface area (Å²) in [6.45, 7) is -0.575. The number of carbonyl (C=O) groups is 3. The van der Waals surface area contributed by atoms with E-state index in [-0.39, 0.29) is 24.8 Å². The first kappa shape index (κ1) is 14.8. The third kappa shape index (κ3) is 5.20. The van der Waals surface area contributed by atoms with Crippen molar-refractivity contribution in [3.05, 3.63) is 65.6 Å². The molecule has 0 saturated heterocycles. The van der Waals surface area contributed by atoms with Gasteiger partial charge in [0, 0.05) is 5.69 Å². The first-order valence-corrected chi connectivity index (χ1v) is 9.18. The van der Waals surface area contributed by atoms with Crippen molar-refractivity contribution in [3.8, 4) is 0 Å². The Bertz CT molecular complexity index is 1110. The van der Waals surface area contributed by atoms with Crippen LogP contribution in [0.3, 0.4) is 0 Å². The van der Waals surface area contributed by atoms with Gasteiger partial charge in [-0.15, -0.1) is 0 Å². The fraction of sp³-hybridized carbons (Fsp3) is 0.318. The summed E-state index contributed by atoms with van der Waals surface area (Å²) >= 11 is 0. The van der Waals surface area contributed by atoms with E-state index in [1.54, 1.807) is 24.3 Å². The number of nitrogens with one attached hydrogen (secondary N) is 1. The molecule has 0 saturated carbocycles. The largest absolute Gasteiger partial charge is 0.480 e. The second kappa shape index (κ2) is 9.34. The summed E-state index contributed by atoms with van der Waals surface area (Å²) in [5, 5.41) is 21.8. The number of aliphatic carboxylic acids is 2. The standard InChI is InChI=1S/C22H24N2O5/c25-20(26)14-24-19-9-5-4-8-16(19)11-13-17(21(24)27)23-18(22(28)29)12-10-15-6-2-1-3-7-15/h1-9,17-18,23H,10-14H2,(H,25,26)(H,28,29)/i1D,2D,3D,6D,7D. The van der Waals surface area contributed by atoms with Gasteiger partial charge in [0.2, 0.25) is 5.91 Å². The quantitative estimate of drug-likeness (QED) is 0.625. The van der Waals surface area contributed by atoms with E-state index in [0.717, 1.165) is 10.5 Å². The van der Waals surface area contributed by atoms with E-state index in [0.29, 0.717) is 12.1 Å². The summed E-state index contributed by atoms with van der Waals surface area (Å²) in [7, 11) is 0. The summed E-state index contributed by atoms with van der Waals surface area (Å²) < 4.78 is 39.2. The van der Waals surface area contributed by atoms with Gasteiger partial charge in [-0.2, -0.15) is 0 Å². The molecule has 7 nitrogen and oxygen atoms in total. The lowest BCUT2D eigenvalue weighted by Gasteiger charge is -2.26. The lowest BCUT2D eigenvalue weighted by molar-refractivity contribution is -0.140. The first-order chi connectivity index (χ1) is 16.0. The number of rotatable bonds is 8. The van der Waals surface area contributed by atoms with Gasteiger partial charge in [-0.25, -0.2) is 0 Å². The zero-order valence-corrected chi connectivity index (χ0v) is 15.6. The van der Waals surface area contributed by atoms with Crippen LogP contribution in [-0.2, 0) is 27.2 Å². The van der Waals surface area contributed by atoms with Crippen molar-refractivity contribution in [2.45, 2.75) is 37.8 Å². The molecule has 2 aromatic rings. The minimum Gasteiger partial charge on any atom is -0.480 e. The molecule has 1 amide bonds. The normalized spacial score (nSPS) is 19.7. The summed E-state index contributed by atoms with van der Waals surface area (Å²) in [6, 6.07) is 2.31. The molecule has 0 bridgehead atoms. The van der Waals surface area contributed by atoms with Gasteiger partial charge in [0.05, 0.1) is 12.9 Å². The Hall–Kier alpha value is -3.19. The molecule has 29 heavy (non-hydrogen) atoms. The zero-order valence-electron chi connectivity index (χ0n) is 20.6. The predicted octanol–water partition coefficient (Wildman–Crippen LogP) is 2.09. The van der Waals surface area contributed by atoms with Crippen molar-refractivity contribution in [3.63, 3.8) is 0 Å². The molecule has 0 radical (unpaired) electrons. The summed E-state index contributed by atoms with van der Waals surface area (Å²) in [6.07, 6.45) is 0.397. The van der Waals surface area contributed by atoms with E-state index in [1.165, 1.54) is 0 Å². The Morgan fingerprint density at radius 3 is 2.62 bits per heavy atom. The number of carboxylic acid groups (broad SMARTS) is 2. The Morgan fingerprint density at radius 2 is 1.93 bits per heavy atom. The average molecular weight is 401 g/mol. The topological polar surface area (TPSA) is 107 Å². The highest BCUT2D eigenvalue weighted by Crippen LogP contribution is 2.27. The molecular weight excluding hydrogens is 372 g/mol. The van der Waals surface area contributed by atoms with E-state index in [4.69, 9.17) is 6.85 Å². The fourth-order valence-corrected chi connectivity index (χ4v) is 3.38. The van der Waals surface area contributed by atoms with Crippen LogP contribution < -0.4 is 10.2 Å². The van der Waals surface area contributed by atoms with Crippen LogP contribution in [0, 0.1) is 0 Å². The van der Waals surface area contributed by atoms with Crippen molar-refractivity contribution >= 4 is 23.5 Å². The summed E-state index contributed by atoms with van der Waals surface area (Å²) in [4.78, 5) is 37.6. The van der Waals surface area contributed by atoms with Crippen LogP contribution in [0.1, 0.15) is 30.8 Å². The van der Waals surface area contributed by atoms with Gasteiger partial charge in [0.15, 0.2) is 0 Å². The lowest BCUT2D eigenvalue weighted by Crippen LogP contribution is -2.52. The maximum atomic E-state index is 13.2. The molecule has 152 valence electrons. The van der Waals surface area contributed by atoms with Crippen LogP contribution in [0.5, 0.6) is 0 Å². The van der Waals surface area contributed by atoms with E-state index in [2.05, 4.69) is 5.32 Å². The molecule has 0 aliphatic carbocycles. The Balaban J connectivity index is 1.83. The number of para-hydroxylation sites is 1. The van der Waals surface area contributed by atoms with E-state index in [1.807, 2.05) is 0 Å². The highest BCUT2D eigenvalue weighted by atomic mass is 16.4. The number of aryl methyl sites for hydroxylation is 1. The van der Waals surface area contributed by atoms with Crippen molar-refractivity contribution in [2.24, 2.45) is 0 Å². The SMILES string of the molecule is [2H]c1c([2H])c([2H])c(CCC(NC2CCc3ccccc3N(CC(=O)O)C2=O)C(=O)O)c([2H])c1[2H]. The maximum absolute atomic E-state index is 13.2. The number of benzene rings is 2. The zero-order chi connectivity index (χ0) is 25.2. The van der Waals surface area contributed by atoms with Gasteiger partial charge in [-0.1, -0.05) is 48.4 Å². The van der Waals surface area contributed by atoms with Crippen molar-refractivity contribution < 1.29 is 31.5 Å². The number of hydrogen-bond donors (Lipinski definition) is 3. The van der Waals surface area contributed by atoms with Gasteiger partial charge in [-0.3, -0.25) is 24.6 Å². The highest BCUT2D eigenvalue weighted by molar-refractivity contribution is 6.02. The molecule has 2 atom stereocenters. The number of hydrogen-bond acceptors (Lipinski definition) is 4. The molecule has 1 aliphatic heterocycles. The molecule has 2 aromatic carbocycles. The first-order valence-electron chi connectivity index (χ1n) is 11.7. The smallest absolute Gasteiger partial charge is 0.323 e. The minimum atomic E-state index is -1.27. The monoisotopic (exact) mass is 401 g/mol. The fourth-order valence-electron chi connectivity index (χ4n) is 3.38. The van der Waals surface area contributed by atoms with Crippen LogP contribution in [0.4, 0.5) is 5.69 Å². The van der Waals surface area contributed by atoms with E-state index >= 15 is 0 Å². The summed E-state index contributed by atoms with van der Waals surface area (Å²) in [5.74, 6) is -3.05. The molecule has 2 unspecified atom stereocenters. The second-order valence-corrected chi connectivity index (χ2v) is 6.74. The van der Waals surface area contributed by atoms with Crippen LogP contribution in [0.2, 0.25) is 0 Å². The molecule has 3 N–H and O–H groups in total. The number of anilines is 1. The predicted molar refractivity (Wildman–Crippen MR) is 108 cm³/mol. The Labute approximate surface area is 176 Å². The van der Waals surface area contributed by atoms with Crippen molar-refractivity contribution in [1.82, 2.24) is 5.32 Å². The van der Waals surface area contributed by atoms with Gasteiger partial charge < -0.3 is 10.2 Å². The number of fused-ring (bicyclic) bond motifs is 1. The van der Waals surface area contributed by atoms with Crippen molar-refractivity contribution in [1.29, 1.82) is 0 Å². The lowest BCUT2D eigenvalue weighted by atomic mass is 10.0. The number of carboxylic acids is 2. The molecule has 1 heterocycles. The molecule has 7 heteroatoms. The molecule has 0 spiro atoms.